The minimum Gasteiger partial charge on any atom is -0.484 e. The molecule has 184 valence electrons. The fourth-order valence-electron chi connectivity index (χ4n) is 3.57. The summed E-state index contributed by atoms with van der Waals surface area (Å²) < 4.78 is 42.7. The molecule has 10 heteroatoms. The van der Waals surface area contributed by atoms with Crippen molar-refractivity contribution in [3.8, 4) is 5.75 Å². The van der Waals surface area contributed by atoms with E-state index in [1.54, 1.807) is 19.2 Å². The highest BCUT2D eigenvalue weighted by atomic mass is 127. The molecule has 2 rings (SSSR count). The van der Waals surface area contributed by atoms with Crippen LogP contribution in [0.2, 0.25) is 0 Å². The summed E-state index contributed by atoms with van der Waals surface area (Å²) >= 11 is 0. The van der Waals surface area contributed by atoms with Crippen molar-refractivity contribution in [1.29, 1.82) is 0 Å². The molecule has 1 aromatic carbocycles. The second-order valence-corrected chi connectivity index (χ2v) is 8.16. The van der Waals surface area contributed by atoms with Crippen molar-refractivity contribution in [1.82, 2.24) is 20.4 Å². The Morgan fingerprint density at radius 1 is 1.16 bits per heavy atom. The third-order valence-electron chi connectivity index (χ3n) is 5.38. The summed E-state index contributed by atoms with van der Waals surface area (Å²) in [5.41, 5.74) is 1.50. The number of aliphatic imine (C=N–C) groups is 1. The third-order valence-corrected chi connectivity index (χ3v) is 5.38. The highest BCUT2D eigenvalue weighted by molar-refractivity contribution is 14.0. The molecule has 0 radical (unpaired) electrons. The zero-order valence-corrected chi connectivity index (χ0v) is 21.8. The molecule has 0 amide bonds. The molecule has 1 aromatic rings. The van der Waals surface area contributed by atoms with Crippen LogP contribution in [0.25, 0.3) is 0 Å². The van der Waals surface area contributed by atoms with Crippen molar-refractivity contribution in [2.45, 2.75) is 33.5 Å². The van der Waals surface area contributed by atoms with Gasteiger partial charge in [0.15, 0.2) is 12.6 Å². The van der Waals surface area contributed by atoms with E-state index in [9.17, 15) is 13.2 Å². The predicted molar refractivity (Wildman–Crippen MR) is 134 cm³/mol. The minimum absolute atomic E-state index is 0. The molecule has 0 saturated carbocycles. The van der Waals surface area contributed by atoms with Crippen LogP contribution in [-0.2, 0) is 6.54 Å². The summed E-state index contributed by atoms with van der Waals surface area (Å²) in [5, 5.41) is 6.49. The molecule has 1 heterocycles. The average molecular weight is 571 g/mol. The summed E-state index contributed by atoms with van der Waals surface area (Å²) in [6, 6.07) is 5.26. The number of hydrogen-bond donors (Lipinski definition) is 2. The smallest absolute Gasteiger partial charge is 0.422 e. The number of hydrogen-bond acceptors (Lipinski definition) is 4. The molecule has 1 fully saturated rings. The number of halogens is 4. The normalized spacial score (nSPS) is 16.9. The van der Waals surface area contributed by atoms with Gasteiger partial charge in [-0.1, -0.05) is 26.0 Å². The van der Waals surface area contributed by atoms with Crippen LogP contribution in [0.5, 0.6) is 5.75 Å². The molecule has 1 saturated heterocycles. The van der Waals surface area contributed by atoms with E-state index in [4.69, 9.17) is 4.74 Å². The van der Waals surface area contributed by atoms with Crippen LogP contribution >= 0.6 is 24.0 Å². The number of nitrogens with one attached hydrogen (secondary N) is 2. The molecule has 6 nitrogen and oxygen atoms in total. The van der Waals surface area contributed by atoms with Gasteiger partial charge in [-0.2, -0.15) is 13.2 Å². The highest BCUT2D eigenvalue weighted by Gasteiger charge is 2.28. The molecule has 0 spiro atoms. The zero-order chi connectivity index (χ0) is 22.9. The van der Waals surface area contributed by atoms with Crippen LogP contribution in [-0.4, -0.2) is 81.4 Å². The van der Waals surface area contributed by atoms with E-state index in [0.717, 1.165) is 51.4 Å². The van der Waals surface area contributed by atoms with E-state index >= 15 is 0 Å². The van der Waals surface area contributed by atoms with Gasteiger partial charge in [0, 0.05) is 58.4 Å². The number of rotatable bonds is 9. The summed E-state index contributed by atoms with van der Waals surface area (Å²) in [6.45, 7) is 12.6. The maximum Gasteiger partial charge on any atom is 0.422 e. The van der Waals surface area contributed by atoms with Gasteiger partial charge in [-0.3, -0.25) is 4.99 Å². The number of ether oxygens (including phenoxy) is 1. The predicted octanol–water partition coefficient (Wildman–Crippen LogP) is 3.49. The van der Waals surface area contributed by atoms with E-state index in [2.05, 4.69) is 39.3 Å². The van der Waals surface area contributed by atoms with Crippen molar-refractivity contribution >= 4 is 29.9 Å². The minimum atomic E-state index is -4.37. The Labute approximate surface area is 207 Å². The molecule has 1 atom stereocenters. The van der Waals surface area contributed by atoms with Crippen molar-refractivity contribution in [2.75, 3.05) is 59.5 Å². The highest BCUT2D eigenvalue weighted by Crippen LogP contribution is 2.23. The van der Waals surface area contributed by atoms with Gasteiger partial charge in [-0.25, -0.2) is 0 Å². The molecule has 0 aliphatic carbocycles. The van der Waals surface area contributed by atoms with E-state index in [1.807, 2.05) is 13.0 Å². The number of guanidine groups is 1. The van der Waals surface area contributed by atoms with Gasteiger partial charge in [0.05, 0.1) is 0 Å². The van der Waals surface area contributed by atoms with Gasteiger partial charge in [-0.05, 0) is 31.0 Å². The van der Waals surface area contributed by atoms with Gasteiger partial charge in [0.25, 0.3) is 0 Å². The lowest BCUT2D eigenvalue weighted by atomic mass is 10.1. The maximum atomic E-state index is 12.5. The molecule has 32 heavy (non-hydrogen) atoms. The Morgan fingerprint density at radius 3 is 2.41 bits per heavy atom. The number of aryl methyl sites for hydroxylation is 1. The summed E-state index contributed by atoms with van der Waals surface area (Å²) in [5.74, 6) is 1.29. The average Bonchev–Trinajstić information content (AvgIpc) is 2.73. The lowest BCUT2D eigenvalue weighted by Gasteiger charge is -2.35. The number of likely N-dealkylation sites (N-methyl/N-ethyl adjacent to an activating group) is 1. The fraction of sp³-hybridized carbons (Fsp3) is 0.682. The number of nitrogens with zero attached hydrogens (tertiary/aromatic N) is 3. The summed E-state index contributed by atoms with van der Waals surface area (Å²) in [6.07, 6.45) is -4.37. The van der Waals surface area contributed by atoms with Gasteiger partial charge >= 0.3 is 6.18 Å². The zero-order valence-electron chi connectivity index (χ0n) is 19.5. The first kappa shape index (κ1) is 28.8. The summed E-state index contributed by atoms with van der Waals surface area (Å²) in [4.78, 5) is 9.18. The Morgan fingerprint density at radius 2 is 1.81 bits per heavy atom. The number of alkyl halides is 3. The topological polar surface area (TPSA) is 52.1 Å². The molecule has 1 unspecified atom stereocenters. The van der Waals surface area contributed by atoms with Crippen molar-refractivity contribution in [2.24, 2.45) is 10.9 Å². The monoisotopic (exact) mass is 571 g/mol. The molecular weight excluding hydrogens is 534 g/mol. The van der Waals surface area contributed by atoms with Crippen molar-refractivity contribution in [3.63, 3.8) is 0 Å². The quantitative estimate of drug-likeness (QED) is 0.270. The second kappa shape index (κ2) is 14.1. The lowest BCUT2D eigenvalue weighted by Crippen LogP contribution is -2.48. The first-order valence-electron chi connectivity index (χ1n) is 10.9. The van der Waals surface area contributed by atoms with Gasteiger partial charge in [0.2, 0.25) is 0 Å². The molecule has 0 bridgehead atoms. The van der Waals surface area contributed by atoms with E-state index < -0.39 is 12.8 Å². The second-order valence-electron chi connectivity index (χ2n) is 8.16. The van der Waals surface area contributed by atoms with Crippen LogP contribution in [0, 0.1) is 12.8 Å². The van der Waals surface area contributed by atoms with Crippen molar-refractivity contribution < 1.29 is 17.9 Å². The first-order valence-corrected chi connectivity index (χ1v) is 10.9. The maximum absolute atomic E-state index is 12.5. The third kappa shape index (κ3) is 10.6. The van der Waals surface area contributed by atoms with Gasteiger partial charge in [0.1, 0.15) is 5.75 Å². The van der Waals surface area contributed by atoms with Crippen LogP contribution in [0.3, 0.4) is 0 Å². The molecule has 0 aromatic heterocycles. The number of piperazine rings is 1. The molecule has 2 N–H and O–H groups in total. The standard InChI is InChI=1S/C22H36F3N5O.HI/c1-5-29-8-10-30(11-9-29)15-18(3)13-27-21(26-4)28-14-19-7-6-17(2)12-20(19)31-16-22(23,24)25;/h6-7,12,18H,5,8-11,13-16H2,1-4H3,(H2,26,27,28);1H. The van der Waals surface area contributed by atoms with Crippen LogP contribution in [0.15, 0.2) is 23.2 Å². The van der Waals surface area contributed by atoms with E-state index in [-0.39, 0.29) is 29.7 Å². The SMILES string of the molecule is CCN1CCN(CC(C)CNC(=NC)NCc2ccc(C)cc2OCC(F)(F)F)CC1.I. The van der Waals surface area contributed by atoms with Crippen LogP contribution in [0.4, 0.5) is 13.2 Å². The van der Waals surface area contributed by atoms with Gasteiger partial charge < -0.3 is 25.2 Å². The Balaban J connectivity index is 0.00000512. The molecular formula is C22H37F3IN5O. The fourth-order valence-corrected chi connectivity index (χ4v) is 3.57. The van der Waals surface area contributed by atoms with E-state index in [1.165, 1.54) is 0 Å². The Hall–Kier alpha value is -1.27. The summed E-state index contributed by atoms with van der Waals surface area (Å²) in [7, 11) is 1.68. The number of benzene rings is 1. The molecule has 1 aliphatic rings. The lowest BCUT2D eigenvalue weighted by molar-refractivity contribution is -0.153. The Bertz CT molecular complexity index is 709. The van der Waals surface area contributed by atoms with E-state index in [0.29, 0.717) is 24.0 Å². The van der Waals surface area contributed by atoms with Gasteiger partial charge in [-0.15, -0.1) is 24.0 Å². The Kier molecular flexibility index (Phi) is 12.7. The molecule has 1 aliphatic heterocycles. The largest absolute Gasteiger partial charge is 0.484 e. The van der Waals surface area contributed by atoms with Crippen LogP contribution < -0.4 is 15.4 Å². The van der Waals surface area contributed by atoms with Crippen molar-refractivity contribution in [3.05, 3.63) is 29.3 Å². The first-order chi connectivity index (χ1) is 14.7. The van der Waals surface area contributed by atoms with Crippen LogP contribution in [0.1, 0.15) is 25.0 Å².